The van der Waals surface area contributed by atoms with Crippen LogP contribution in [0.4, 0.5) is 14.5 Å². The van der Waals surface area contributed by atoms with Crippen molar-refractivity contribution >= 4 is 23.2 Å². The highest BCUT2D eigenvalue weighted by Crippen LogP contribution is 2.50. The van der Waals surface area contributed by atoms with Gasteiger partial charge in [0.2, 0.25) is 0 Å². The Bertz CT molecular complexity index is 1170. The number of hydrogen-bond donors (Lipinski definition) is 1. The van der Waals surface area contributed by atoms with Crippen LogP contribution >= 0.6 is 0 Å². The highest BCUT2D eigenvalue weighted by atomic mass is 19.3. The third kappa shape index (κ3) is 4.25. The van der Waals surface area contributed by atoms with Crippen LogP contribution in [0.3, 0.4) is 0 Å². The number of ether oxygens (including phenoxy) is 2. The molecule has 1 aliphatic carbocycles. The molecule has 8 nitrogen and oxygen atoms in total. The van der Waals surface area contributed by atoms with Crippen molar-refractivity contribution < 1.29 is 27.8 Å². The minimum Gasteiger partial charge on any atom is -0.491 e. The van der Waals surface area contributed by atoms with E-state index in [1.165, 1.54) is 19.2 Å². The van der Waals surface area contributed by atoms with Crippen molar-refractivity contribution in [2.45, 2.75) is 38.0 Å². The number of imidazole rings is 1. The van der Waals surface area contributed by atoms with Crippen LogP contribution < -0.4 is 10.1 Å². The number of amides is 1. The first kappa shape index (κ1) is 21.7. The molecule has 3 aromatic heterocycles. The SMILES string of the molecule is CCOc1cc2nc(C3(CC(=O)OC)CC3)cn2cc1NC(=O)c1cccc(C(F)F)n1. The molecule has 0 aliphatic heterocycles. The van der Waals surface area contributed by atoms with Gasteiger partial charge in [-0.2, -0.15) is 0 Å². The van der Waals surface area contributed by atoms with Crippen LogP contribution in [0.15, 0.2) is 36.7 Å². The third-order valence-corrected chi connectivity index (χ3v) is 5.44. The largest absolute Gasteiger partial charge is 0.491 e. The molecule has 0 saturated heterocycles. The second-order valence-electron chi connectivity index (χ2n) is 7.61. The average molecular weight is 444 g/mol. The molecule has 32 heavy (non-hydrogen) atoms. The molecule has 4 rings (SSSR count). The Morgan fingerprint density at radius 1 is 1.25 bits per heavy atom. The standard InChI is InChI=1S/C22H22F2N4O4/c1-3-32-16-9-18-27-17(22(7-8-22)10-19(29)31-2)12-28(18)11-15(16)26-21(30)14-6-4-5-13(25-14)20(23)24/h4-6,9,11-12,20H,3,7-8,10H2,1-2H3,(H,26,30). The summed E-state index contributed by atoms with van der Waals surface area (Å²) in [5, 5.41) is 2.68. The Hall–Kier alpha value is -3.56. The number of carbonyl (C=O) groups excluding carboxylic acids is 2. The molecule has 168 valence electrons. The molecule has 1 N–H and O–H groups in total. The van der Waals surface area contributed by atoms with E-state index in [1.807, 2.05) is 6.20 Å². The van der Waals surface area contributed by atoms with Crippen LogP contribution in [-0.4, -0.2) is 40.0 Å². The number of alkyl halides is 2. The quantitative estimate of drug-likeness (QED) is 0.530. The summed E-state index contributed by atoms with van der Waals surface area (Å²) in [6, 6.07) is 5.56. The Kier molecular flexibility index (Phi) is 5.77. The van der Waals surface area contributed by atoms with Gasteiger partial charge in [0.15, 0.2) is 0 Å². The van der Waals surface area contributed by atoms with E-state index in [0.717, 1.165) is 24.6 Å². The van der Waals surface area contributed by atoms with Gasteiger partial charge >= 0.3 is 5.97 Å². The fraction of sp³-hybridized carbons (Fsp3) is 0.364. The van der Waals surface area contributed by atoms with Crippen molar-refractivity contribution in [3.8, 4) is 5.75 Å². The lowest BCUT2D eigenvalue weighted by Gasteiger charge is -2.12. The highest BCUT2D eigenvalue weighted by Gasteiger charge is 2.48. The van der Waals surface area contributed by atoms with E-state index in [1.54, 1.807) is 23.6 Å². The predicted octanol–water partition coefficient (Wildman–Crippen LogP) is 3.91. The summed E-state index contributed by atoms with van der Waals surface area (Å²) >= 11 is 0. The number of halogens is 2. The number of nitrogens with zero attached hydrogens (tertiary/aromatic N) is 3. The maximum absolute atomic E-state index is 12.9. The van der Waals surface area contributed by atoms with E-state index in [0.29, 0.717) is 23.7 Å². The minimum absolute atomic E-state index is 0.133. The highest BCUT2D eigenvalue weighted by molar-refractivity contribution is 6.03. The lowest BCUT2D eigenvalue weighted by molar-refractivity contribution is -0.141. The Balaban J connectivity index is 1.65. The smallest absolute Gasteiger partial charge is 0.306 e. The van der Waals surface area contributed by atoms with Crippen LogP contribution in [0.25, 0.3) is 5.65 Å². The first-order chi connectivity index (χ1) is 15.3. The predicted molar refractivity (Wildman–Crippen MR) is 111 cm³/mol. The fourth-order valence-corrected chi connectivity index (χ4v) is 3.55. The normalized spacial score (nSPS) is 14.4. The van der Waals surface area contributed by atoms with Gasteiger partial charge < -0.3 is 19.2 Å². The monoisotopic (exact) mass is 444 g/mol. The lowest BCUT2D eigenvalue weighted by atomic mass is 9.99. The van der Waals surface area contributed by atoms with E-state index in [-0.39, 0.29) is 23.5 Å². The van der Waals surface area contributed by atoms with Crippen LogP contribution in [0.2, 0.25) is 0 Å². The summed E-state index contributed by atoms with van der Waals surface area (Å²) in [4.78, 5) is 32.8. The van der Waals surface area contributed by atoms with Crippen molar-refractivity contribution in [3.05, 3.63) is 53.7 Å². The summed E-state index contributed by atoms with van der Waals surface area (Å²) in [5.74, 6) is -0.549. The Labute approximate surface area is 182 Å². The van der Waals surface area contributed by atoms with E-state index in [2.05, 4.69) is 15.3 Å². The van der Waals surface area contributed by atoms with Crippen molar-refractivity contribution in [1.82, 2.24) is 14.4 Å². The number of fused-ring (bicyclic) bond motifs is 1. The first-order valence-corrected chi connectivity index (χ1v) is 10.1. The number of pyridine rings is 2. The van der Waals surface area contributed by atoms with Gasteiger partial charge in [-0.15, -0.1) is 0 Å². The van der Waals surface area contributed by atoms with Crippen LogP contribution in [-0.2, 0) is 14.9 Å². The van der Waals surface area contributed by atoms with Crippen LogP contribution in [0.5, 0.6) is 5.75 Å². The van der Waals surface area contributed by atoms with Crippen molar-refractivity contribution in [1.29, 1.82) is 0 Å². The summed E-state index contributed by atoms with van der Waals surface area (Å²) in [5.41, 5.74) is 0.754. The van der Waals surface area contributed by atoms with E-state index < -0.39 is 18.0 Å². The minimum atomic E-state index is -2.78. The summed E-state index contributed by atoms with van der Waals surface area (Å²) in [6.45, 7) is 2.15. The number of carbonyl (C=O) groups is 2. The van der Waals surface area contributed by atoms with Gasteiger partial charge in [-0.05, 0) is 31.9 Å². The molecular formula is C22H22F2N4O4. The molecule has 1 amide bonds. The number of nitrogens with one attached hydrogen (secondary N) is 1. The maximum atomic E-state index is 12.9. The summed E-state index contributed by atoms with van der Waals surface area (Å²) in [7, 11) is 1.36. The molecule has 0 spiro atoms. The zero-order valence-electron chi connectivity index (χ0n) is 17.6. The van der Waals surface area contributed by atoms with Gasteiger partial charge in [0.1, 0.15) is 28.5 Å². The molecule has 1 saturated carbocycles. The van der Waals surface area contributed by atoms with Crippen molar-refractivity contribution in [2.75, 3.05) is 19.0 Å². The zero-order valence-corrected chi connectivity index (χ0v) is 17.6. The van der Waals surface area contributed by atoms with Crippen molar-refractivity contribution in [3.63, 3.8) is 0 Å². The maximum Gasteiger partial charge on any atom is 0.306 e. The molecule has 0 radical (unpaired) electrons. The molecule has 0 atom stereocenters. The number of rotatable bonds is 8. The number of hydrogen-bond acceptors (Lipinski definition) is 6. The van der Waals surface area contributed by atoms with Gasteiger partial charge in [-0.1, -0.05) is 6.07 Å². The summed E-state index contributed by atoms with van der Waals surface area (Å²) in [6.07, 6.45) is 2.59. The van der Waals surface area contributed by atoms with Crippen LogP contribution in [0, 0.1) is 0 Å². The fourth-order valence-electron chi connectivity index (χ4n) is 3.55. The molecule has 10 heteroatoms. The van der Waals surface area contributed by atoms with Gasteiger partial charge in [0.25, 0.3) is 12.3 Å². The van der Waals surface area contributed by atoms with Gasteiger partial charge in [-0.3, -0.25) is 9.59 Å². The topological polar surface area (TPSA) is 94.8 Å². The Morgan fingerprint density at radius 3 is 2.69 bits per heavy atom. The molecule has 0 unspecified atom stereocenters. The first-order valence-electron chi connectivity index (χ1n) is 10.1. The molecule has 3 aromatic rings. The summed E-state index contributed by atoms with van der Waals surface area (Å²) < 4.78 is 38.0. The number of anilines is 1. The van der Waals surface area contributed by atoms with Crippen LogP contribution in [0.1, 0.15) is 54.5 Å². The average Bonchev–Trinajstić information content (AvgIpc) is 3.44. The molecule has 0 bridgehead atoms. The van der Waals surface area contributed by atoms with Crippen molar-refractivity contribution in [2.24, 2.45) is 0 Å². The Morgan fingerprint density at radius 2 is 2.03 bits per heavy atom. The second kappa shape index (κ2) is 8.52. The molecule has 1 aliphatic rings. The van der Waals surface area contributed by atoms with Gasteiger partial charge in [-0.25, -0.2) is 18.7 Å². The number of methoxy groups -OCH3 is 1. The molecule has 0 aromatic carbocycles. The van der Waals surface area contributed by atoms with E-state index in [9.17, 15) is 18.4 Å². The van der Waals surface area contributed by atoms with Gasteiger partial charge in [0.05, 0.1) is 25.8 Å². The zero-order chi connectivity index (χ0) is 22.9. The van der Waals surface area contributed by atoms with E-state index >= 15 is 0 Å². The third-order valence-electron chi connectivity index (χ3n) is 5.44. The molecular weight excluding hydrogens is 422 g/mol. The van der Waals surface area contributed by atoms with Gasteiger partial charge in [0, 0.05) is 23.9 Å². The van der Waals surface area contributed by atoms with E-state index in [4.69, 9.17) is 9.47 Å². The second-order valence-corrected chi connectivity index (χ2v) is 7.61. The number of esters is 1. The molecule has 1 fully saturated rings. The molecule has 3 heterocycles. The number of aromatic nitrogens is 3. The lowest BCUT2D eigenvalue weighted by Crippen LogP contribution is -2.16.